The number of hydrogen-bond acceptors (Lipinski definition) is 2. The van der Waals surface area contributed by atoms with Crippen LogP contribution in [0.3, 0.4) is 0 Å². The topological polar surface area (TPSA) is 26.3 Å². The summed E-state index contributed by atoms with van der Waals surface area (Å²) >= 11 is 0. The highest BCUT2D eigenvalue weighted by Crippen LogP contribution is 2.07. The molecule has 0 amide bonds. The molecule has 71 valence electrons. The first-order valence-corrected chi connectivity index (χ1v) is 4.61. The van der Waals surface area contributed by atoms with Gasteiger partial charge in [0.05, 0.1) is 13.5 Å². The fraction of sp³-hybridized carbons (Fsp3) is 0.800. The fourth-order valence-electron chi connectivity index (χ4n) is 1.02. The lowest BCUT2D eigenvalue weighted by molar-refractivity contribution is -0.138. The lowest BCUT2D eigenvalue weighted by Crippen LogP contribution is -2.00. The van der Waals surface area contributed by atoms with E-state index < -0.39 is 5.97 Å². The van der Waals surface area contributed by atoms with Crippen molar-refractivity contribution in [2.45, 2.75) is 39.5 Å². The van der Waals surface area contributed by atoms with E-state index in [0.29, 0.717) is 6.61 Å². The van der Waals surface area contributed by atoms with Crippen LogP contribution >= 0.6 is 0 Å². The van der Waals surface area contributed by atoms with Crippen molar-refractivity contribution in [2.75, 3.05) is 6.61 Å². The minimum Gasteiger partial charge on any atom is -0.466 e. The lowest BCUT2D eigenvalue weighted by atomic mass is 10.1. The Hall–Kier alpha value is -0.530. The molecule has 0 aromatic carbocycles. The van der Waals surface area contributed by atoms with E-state index in [1.807, 2.05) is 0 Å². The highest BCUT2D eigenvalue weighted by atomic mass is 16.5. The van der Waals surface area contributed by atoms with E-state index in [2.05, 4.69) is 20.8 Å². The summed E-state index contributed by atoms with van der Waals surface area (Å²) in [6.45, 7) is 8.09. The zero-order valence-corrected chi connectivity index (χ0v) is 8.14. The molecule has 0 spiro atoms. The first-order valence-electron chi connectivity index (χ1n) is 4.61. The third-order valence-electron chi connectivity index (χ3n) is 1.69. The second kappa shape index (κ2) is 7.14. The number of esters is 1. The molecule has 0 aromatic rings. The average Bonchev–Trinajstić information content (AvgIpc) is 1.95. The maximum Gasteiger partial charge on any atom is 0.306 e. The van der Waals surface area contributed by atoms with Crippen molar-refractivity contribution in [3.05, 3.63) is 6.92 Å². The van der Waals surface area contributed by atoms with Gasteiger partial charge in [-0.1, -0.05) is 33.1 Å². The van der Waals surface area contributed by atoms with Crippen molar-refractivity contribution in [3.63, 3.8) is 0 Å². The van der Waals surface area contributed by atoms with E-state index in [4.69, 9.17) is 4.74 Å². The number of ether oxygens (including phenoxy) is 1. The normalized spacial score (nSPS) is 10.3. The zero-order valence-electron chi connectivity index (χ0n) is 8.14. The molecule has 0 saturated carbocycles. The van der Waals surface area contributed by atoms with Crippen molar-refractivity contribution in [1.82, 2.24) is 0 Å². The zero-order chi connectivity index (χ0) is 9.40. The fourth-order valence-corrected chi connectivity index (χ4v) is 1.02. The number of unbranched alkanes of at least 4 members (excludes halogenated alkanes) is 2. The third kappa shape index (κ3) is 9.47. The van der Waals surface area contributed by atoms with Gasteiger partial charge < -0.3 is 4.74 Å². The van der Waals surface area contributed by atoms with Gasteiger partial charge in [0.15, 0.2) is 0 Å². The number of rotatable bonds is 6. The summed E-state index contributed by atoms with van der Waals surface area (Å²) in [5.41, 5.74) is 0. The van der Waals surface area contributed by atoms with Crippen LogP contribution in [-0.4, -0.2) is 12.6 Å². The van der Waals surface area contributed by atoms with Crippen LogP contribution < -0.4 is 0 Å². The summed E-state index contributed by atoms with van der Waals surface area (Å²) in [6, 6.07) is 0. The molecular weight excluding hydrogens is 152 g/mol. The summed E-state index contributed by atoms with van der Waals surface area (Å²) in [5, 5.41) is 0. The molecule has 12 heavy (non-hydrogen) atoms. The predicted molar refractivity (Wildman–Crippen MR) is 49.6 cm³/mol. The minimum absolute atomic E-state index is 0.418. The van der Waals surface area contributed by atoms with Gasteiger partial charge in [-0.15, -0.1) is 0 Å². The molecule has 0 saturated heterocycles. The molecule has 0 aliphatic carbocycles. The van der Waals surface area contributed by atoms with Gasteiger partial charge in [-0.05, 0) is 12.3 Å². The standard InChI is InChI=1S/C10H19O2/c1-9(2)7-5-4-6-8-12-10(3)11/h9H,3-8H2,1-2H3. The average molecular weight is 171 g/mol. The van der Waals surface area contributed by atoms with Gasteiger partial charge in [-0.2, -0.15) is 0 Å². The summed E-state index contributed by atoms with van der Waals surface area (Å²) in [4.78, 5) is 10.3. The molecule has 1 radical (unpaired) electrons. The summed E-state index contributed by atoms with van der Waals surface area (Å²) in [6.07, 6.45) is 4.60. The van der Waals surface area contributed by atoms with E-state index in [1.165, 1.54) is 12.8 Å². The van der Waals surface area contributed by atoms with Crippen LogP contribution in [0.4, 0.5) is 0 Å². The van der Waals surface area contributed by atoms with Gasteiger partial charge in [-0.3, -0.25) is 4.79 Å². The second-order valence-electron chi connectivity index (χ2n) is 3.46. The first-order chi connectivity index (χ1) is 5.63. The molecule has 0 bridgehead atoms. The molecule has 2 heteroatoms. The molecule has 0 atom stereocenters. The third-order valence-corrected chi connectivity index (χ3v) is 1.69. The Balaban J connectivity index is 2.96. The summed E-state index contributed by atoms with van der Waals surface area (Å²) in [5.74, 6) is 0.360. The van der Waals surface area contributed by atoms with Gasteiger partial charge in [0.25, 0.3) is 0 Å². The molecular formula is C10H19O2. The van der Waals surface area contributed by atoms with E-state index in [0.717, 1.165) is 18.8 Å². The van der Waals surface area contributed by atoms with Crippen LogP contribution in [0.2, 0.25) is 0 Å². The van der Waals surface area contributed by atoms with Gasteiger partial charge in [0.1, 0.15) is 0 Å². The maximum absolute atomic E-state index is 10.3. The van der Waals surface area contributed by atoms with E-state index in [9.17, 15) is 4.79 Å². The highest BCUT2D eigenvalue weighted by molar-refractivity contribution is 5.73. The molecule has 2 nitrogen and oxygen atoms in total. The van der Waals surface area contributed by atoms with Crippen LogP contribution in [0.5, 0.6) is 0 Å². The van der Waals surface area contributed by atoms with Crippen molar-refractivity contribution >= 4 is 5.97 Å². The molecule has 0 aliphatic heterocycles. The molecule has 0 N–H and O–H groups in total. The Morgan fingerprint density at radius 3 is 2.50 bits per heavy atom. The number of carbonyl (C=O) groups excluding carboxylic acids is 1. The minimum atomic E-state index is -0.418. The largest absolute Gasteiger partial charge is 0.466 e. The van der Waals surface area contributed by atoms with Gasteiger partial charge in [0, 0.05) is 0 Å². The van der Waals surface area contributed by atoms with Crippen molar-refractivity contribution < 1.29 is 9.53 Å². The Morgan fingerprint density at radius 1 is 1.33 bits per heavy atom. The summed E-state index contributed by atoms with van der Waals surface area (Å²) < 4.78 is 4.70. The van der Waals surface area contributed by atoms with E-state index >= 15 is 0 Å². The first kappa shape index (κ1) is 11.5. The monoisotopic (exact) mass is 171 g/mol. The lowest BCUT2D eigenvalue weighted by Gasteiger charge is -2.04. The smallest absolute Gasteiger partial charge is 0.306 e. The molecule has 0 aliphatic rings. The maximum atomic E-state index is 10.3. The Bertz CT molecular complexity index is 119. The van der Waals surface area contributed by atoms with Crippen molar-refractivity contribution in [3.8, 4) is 0 Å². The number of carbonyl (C=O) groups is 1. The van der Waals surface area contributed by atoms with Crippen LogP contribution in [0.25, 0.3) is 0 Å². The van der Waals surface area contributed by atoms with Crippen LogP contribution in [0, 0.1) is 12.8 Å². The van der Waals surface area contributed by atoms with Gasteiger partial charge >= 0.3 is 5.97 Å². The molecule has 0 heterocycles. The predicted octanol–water partition coefficient (Wildman–Crippen LogP) is 2.58. The van der Waals surface area contributed by atoms with Crippen molar-refractivity contribution in [1.29, 1.82) is 0 Å². The van der Waals surface area contributed by atoms with Gasteiger partial charge in [-0.25, -0.2) is 0 Å². The Morgan fingerprint density at radius 2 is 2.00 bits per heavy atom. The Kier molecular flexibility index (Phi) is 6.82. The summed E-state index contributed by atoms with van der Waals surface area (Å²) in [7, 11) is 0. The molecule has 0 aromatic heterocycles. The van der Waals surface area contributed by atoms with Crippen LogP contribution in [0.1, 0.15) is 39.5 Å². The van der Waals surface area contributed by atoms with Crippen LogP contribution in [0.15, 0.2) is 0 Å². The second-order valence-corrected chi connectivity index (χ2v) is 3.46. The van der Waals surface area contributed by atoms with Crippen LogP contribution in [-0.2, 0) is 9.53 Å². The van der Waals surface area contributed by atoms with E-state index in [1.54, 1.807) is 0 Å². The quantitative estimate of drug-likeness (QED) is 0.453. The highest BCUT2D eigenvalue weighted by Gasteiger charge is 1.95. The SMILES string of the molecule is [CH2]C(=O)OCCCCCC(C)C. The van der Waals surface area contributed by atoms with Gasteiger partial charge in [0.2, 0.25) is 0 Å². The molecule has 0 fully saturated rings. The number of hydrogen-bond donors (Lipinski definition) is 0. The Labute approximate surface area is 75.3 Å². The van der Waals surface area contributed by atoms with E-state index in [-0.39, 0.29) is 0 Å². The molecule has 0 rings (SSSR count). The molecule has 0 unspecified atom stereocenters. The van der Waals surface area contributed by atoms with Crippen molar-refractivity contribution in [2.24, 2.45) is 5.92 Å².